The molecule has 12 heteroatoms. The molecule has 2 aliphatic rings. The van der Waals surface area contributed by atoms with E-state index in [4.69, 9.17) is 9.47 Å². The van der Waals surface area contributed by atoms with E-state index in [1.165, 1.54) is 62.8 Å². The molecule has 0 bridgehead atoms. The quantitative estimate of drug-likeness (QED) is 0.150. The molecule has 11 radical (unpaired) electrons. The van der Waals surface area contributed by atoms with Gasteiger partial charge in [-0.3, -0.25) is 9.59 Å². The summed E-state index contributed by atoms with van der Waals surface area (Å²) in [6, 6.07) is 8.16. The number of ether oxygens (including phenoxy) is 2. The molecule has 2 aromatic carbocycles. The number of carboxylic acids is 1. The van der Waals surface area contributed by atoms with Gasteiger partial charge >= 0.3 is 34.1 Å². The van der Waals surface area contributed by atoms with Crippen LogP contribution in [0.15, 0.2) is 48.6 Å². The number of carbonyl (C=O) groups is 3. The van der Waals surface area contributed by atoms with Gasteiger partial charge in [0.15, 0.2) is 11.6 Å². The number of hydrogen-bond donors (Lipinski definition) is 0. The van der Waals surface area contributed by atoms with Gasteiger partial charge in [-0.1, -0.05) is 60.4 Å². The van der Waals surface area contributed by atoms with Crippen molar-refractivity contribution in [2.24, 2.45) is 0 Å². The summed E-state index contributed by atoms with van der Waals surface area (Å²) in [6.07, 6.45) is 25.5. The Morgan fingerprint density at radius 1 is 0.796 bits per heavy atom. The summed E-state index contributed by atoms with van der Waals surface area (Å²) in [6.45, 7) is 0.458. The van der Waals surface area contributed by atoms with Crippen molar-refractivity contribution in [2.75, 3.05) is 32.8 Å². The van der Waals surface area contributed by atoms with Crippen LogP contribution in [0.4, 0.5) is 0 Å². The predicted octanol–water partition coefficient (Wildman–Crippen LogP) is 3.76. The number of nitrogens with zero attached hydrogens (tertiary/aromatic N) is 1. The summed E-state index contributed by atoms with van der Waals surface area (Å²) in [7, 11) is 2.78. The molecule has 49 heavy (non-hydrogen) atoms. The average Bonchev–Trinajstić information content (AvgIpc) is 3.82. The minimum atomic E-state index is -1.07. The van der Waals surface area contributed by atoms with Crippen LogP contribution in [0.25, 0.3) is 17.5 Å². The van der Waals surface area contributed by atoms with Crippen molar-refractivity contribution in [3.05, 3.63) is 129 Å². The SMILES string of the molecule is COc1cc(/C=C/C(=O)CC(=O)/C=C/c2ccc([O-])c(OC)c2)ccc1[O-].CSCC[C@H]([N-]C[C]1[CH][CH][CH][CH]1)C(=O)[O-].[CH]1[CH][CH][CH][CH]1.[Cu+2].[Fe+2]. The summed E-state index contributed by atoms with van der Waals surface area (Å²) in [5.74, 6) is -0.105. The number of thioether (sulfide) groups is 1. The van der Waals surface area contributed by atoms with Crippen LogP contribution in [-0.4, -0.2) is 56.4 Å². The van der Waals surface area contributed by atoms with E-state index in [2.05, 4.69) is 5.32 Å². The fourth-order valence-electron chi connectivity index (χ4n) is 3.81. The largest absolute Gasteiger partial charge is 2.00 e. The molecule has 0 heterocycles. The molecule has 0 N–H and O–H groups in total. The van der Waals surface area contributed by atoms with E-state index < -0.39 is 12.0 Å². The number of hydrogen-bond acceptors (Lipinski definition) is 9. The van der Waals surface area contributed by atoms with E-state index in [0.717, 1.165) is 11.7 Å². The summed E-state index contributed by atoms with van der Waals surface area (Å²) in [4.78, 5) is 34.6. The maximum absolute atomic E-state index is 11.9. The Kier molecular flexibility index (Phi) is 25.6. The fourth-order valence-corrected chi connectivity index (χ4v) is 4.27. The Balaban J connectivity index is 0.000000877. The first-order valence-electron chi connectivity index (χ1n) is 14.5. The zero-order chi connectivity index (χ0) is 34.4. The van der Waals surface area contributed by atoms with E-state index in [9.17, 15) is 29.7 Å². The number of aliphatic carboxylic acids is 1. The number of carboxylic acid groups (broad SMARTS) is 1. The molecule has 2 aliphatic carbocycles. The summed E-state index contributed by atoms with van der Waals surface area (Å²) < 4.78 is 9.86. The number of benzene rings is 2. The Labute approximate surface area is 316 Å². The third kappa shape index (κ3) is 19.3. The first-order chi connectivity index (χ1) is 22.7. The second kappa shape index (κ2) is 27.1. The van der Waals surface area contributed by atoms with Crippen LogP contribution in [0.5, 0.6) is 23.0 Å². The molecular weight excluding hydrogens is 738 g/mol. The minimum Gasteiger partial charge on any atom is -0.870 e. The molecule has 0 aromatic heterocycles. The molecule has 0 aliphatic heterocycles. The van der Waals surface area contributed by atoms with Crippen molar-refractivity contribution in [1.29, 1.82) is 0 Å². The standard InChI is InChI=1S/C21H20O6.C11H15NO2S.C5H5.Cu.Fe/c1-26-20-11-14(5-9-18(20)24)3-7-16(22)13-17(23)8-4-15-6-10-19(25)21(12-15)27-2;1-15-7-6-10(11(13)14)12-8-9-4-2-3-5-9;1-2-4-5-3-1;;/h3-12,24-25H,13H2,1-2H3;2-5,10H,6-8H2,1H3,(H,13,14);1-5H;;/q;-1;;2*+2/p-3/b7-3+,8-4+;;;;/t;10-;;;/m.0.../s1. The van der Waals surface area contributed by atoms with Gasteiger partial charge in [-0.15, -0.1) is 6.54 Å². The number of methoxy groups -OCH3 is 2. The van der Waals surface area contributed by atoms with Crippen molar-refractivity contribution in [2.45, 2.75) is 18.9 Å². The van der Waals surface area contributed by atoms with Crippen molar-refractivity contribution in [1.82, 2.24) is 0 Å². The van der Waals surface area contributed by atoms with Crippen LogP contribution in [0.2, 0.25) is 0 Å². The third-order valence-electron chi connectivity index (χ3n) is 6.30. The maximum atomic E-state index is 11.9. The van der Waals surface area contributed by atoms with Crippen molar-refractivity contribution in [3.63, 3.8) is 0 Å². The van der Waals surface area contributed by atoms with Gasteiger partial charge in [0.1, 0.15) is 11.5 Å². The predicted molar refractivity (Wildman–Crippen MR) is 180 cm³/mol. The number of ketones is 2. The van der Waals surface area contributed by atoms with E-state index >= 15 is 0 Å². The normalized spacial score (nSPS) is 14.4. The van der Waals surface area contributed by atoms with Gasteiger partial charge in [-0.2, -0.15) is 11.8 Å². The van der Waals surface area contributed by atoms with Gasteiger partial charge in [0.05, 0.1) is 20.6 Å². The molecule has 0 amide bonds. The molecule has 263 valence electrons. The molecule has 2 fully saturated rings. The van der Waals surface area contributed by atoms with Gasteiger partial charge in [0, 0.05) is 5.97 Å². The second-order valence-electron chi connectivity index (χ2n) is 9.81. The van der Waals surface area contributed by atoms with Gasteiger partial charge in [0.25, 0.3) is 0 Å². The Hall–Kier alpha value is -2.72. The summed E-state index contributed by atoms with van der Waals surface area (Å²) >= 11 is 1.62. The molecule has 2 saturated carbocycles. The molecule has 9 nitrogen and oxygen atoms in total. The van der Waals surface area contributed by atoms with Gasteiger partial charge in [-0.05, 0) is 111 Å². The molecule has 0 saturated heterocycles. The topological polar surface area (TPSA) is 153 Å². The van der Waals surface area contributed by atoms with Crippen LogP contribution in [0, 0.1) is 63.7 Å². The average molecular weight is 775 g/mol. The Morgan fingerprint density at radius 2 is 1.24 bits per heavy atom. The molecular formula is C37H37CuFeNO8S. The van der Waals surface area contributed by atoms with Crippen LogP contribution in [-0.2, 0) is 48.5 Å². The maximum Gasteiger partial charge on any atom is 2.00 e. The first kappa shape index (κ1) is 46.3. The number of allylic oxidation sites excluding steroid dienone is 2. The Bertz CT molecular complexity index is 1250. The zero-order valence-electron chi connectivity index (χ0n) is 27.2. The monoisotopic (exact) mass is 774 g/mol. The van der Waals surface area contributed by atoms with Crippen LogP contribution in [0.3, 0.4) is 0 Å². The zero-order valence-corrected chi connectivity index (χ0v) is 30.0. The third-order valence-corrected chi connectivity index (χ3v) is 6.94. The van der Waals surface area contributed by atoms with E-state index in [1.54, 1.807) is 23.9 Å². The Morgan fingerprint density at radius 3 is 1.63 bits per heavy atom. The molecule has 0 spiro atoms. The van der Waals surface area contributed by atoms with Crippen LogP contribution >= 0.6 is 11.8 Å². The van der Waals surface area contributed by atoms with Gasteiger partial charge in [-0.25, -0.2) is 0 Å². The first-order valence-corrected chi connectivity index (χ1v) is 15.9. The van der Waals surface area contributed by atoms with E-state index in [1.807, 2.05) is 64.0 Å². The van der Waals surface area contributed by atoms with Gasteiger partial charge < -0.3 is 34.9 Å². The number of carbonyl (C=O) groups excluding carboxylic acids is 3. The van der Waals surface area contributed by atoms with Crippen molar-refractivity contribution >= 4 is 41.4 Å². The smallest absolute Gasteiger partial charge is 0.870 e. The van der Waals surface area contributed by atoms with Crippen molar-refractivity contribution < 1.29 is 73.3 Å². The van der Waals surface area contributed by atoms with Gasteiger partial charge in [0.2, 0.25) is 0 Å². The molecule has 2 aromatic rings. The molecule has 4 rings (SSSR count). The fraction of sp³-hybridized carbons (Fsp3) is 0.216. The molecule has 0 unspecified atom stereocenters. The van der Waals surface area contributed by atoms with E-state index in [-0.39, 0.29) is 75.1 Å². The van der Waals surface area contributed by atoms with E-state index in [0.29, 0.717) is 24.1 Å². The molecule has 1 atom stereocenters. The van der Waals surface area contributed by atoms with Crippen LogP contribution in [0.1, 0.15) is 24.0 Å². The second-order valence-corrected chi connectivity index (χ2v) is 10.8. The number of rotatable bonds is 15. The summed E-state index contributed by atoms with van der Waals surface area (Å²) in [5, 5.41) is 37.8. The van der Waals surface area contributed by atoms with Crippen molar-refractivity contribution in [3.8, 4) is 23.0 Å². The minimum absolute atomic E-state index is 0. The van der Waals surface area contributed by atoms with Crippen LogP contribution < -0.4 is 24.8 Å². The summed E-state index contributed by atoms with van der Waals surface area (Å²) in [5.41, 5.74) is 1.24.